The number of hydrogen-bond donors (Lipinski definition) is 3. The molecule has 0 bridgehead atoms. The van der Waals surface area contributed by atoms with Crippen molar-refractivity contribution in [2.75, 3.05) is 6.54 Å². The first-order chi connectivity index (χ1) is 19.8. The molecule has 6 rings (SSSR count). The van der Waals surface area contributed by atoms with E-state index >= 15 is 0 Å². The van der Waals surface area contributed by atoms with E-state index in [-0.39, 0.29) is 22.8 Å². The van der Waals surface area contributed by atoms with Crippen molar-refractivity contribution in [3.05, 3.63) is 101 Å². The van der Waals surface area contributed by atoms with Gasteiger partial charge in [0.1, 0.15) is 0 Å². The summed E-state index contributed by atoms with van der Waals surface area (Å²) in [6.07, 6.45) is 7.72. The maximum Gasteiger partial charge on any atom is 0.253 e. The number of carbonyl (C=O) groups excluding carboxylic acids is 1. The molecule has 2 atom stereocenters. The molecule has 0 saturated heterocycles. The first-order valence-corrected chi connectivity index (χ1v) is 15.7. The highest BCUT2D eigenvalue weighted by atomic mass is 32.2. The van der Waals surface area contributed by atoms with Gasteiger partial charge in [-0.25, -0.2) is 13.1 Å². The summed E-state index contributed by atoms with van der Waals surface area (Å²) in [5.74, 6) is 0.292. The van der Waals surface area contributed by atoms with Crippen LogP contribution in [0.25, 0.3) is 10.8 Å². The van der Waals surface area contributed by atoms with Crippen molar-refractivity contribution in [2.45, 2.75) is 62.6 Å². The maximum absolute atomic E-state index is 13.7. The third kappa shape index (κ3) is 5.88. The Morgan fingerprint density at radius 2 is 1.80 bits per heavy atom. The summed E-state index contributed by atoms with van der Waals surface area (Å²) in [4.78, 5) is 22.3. The van der Waals surface area contributed by atoms with E-state index in [0.717, 1.165) is 40.6 Å². The van der Waals surface area contributed by atoms with E-state index in [2.05, 4.69) is 32.5 Å². The van der Waals surface area contributed by atoms with Crippen LogP contribution in [0.2, 0.25) is 0 Å². The zero-order valence-electron chi connectivity index (χ0n) is 23.3. The molecular weight excluding hydrogens is 534 g/mol. The predicted molar refractivity (Wildman–Crippen MR) is 159 cm³/mol. The molecule has 212 valence electrons. The number of nitrogens with one attached hydrogen (secondary N) is 3. The van der Waals surface area contributed by atoms with Crippen LogP contribution in [0.3, 0.4) is 0 Å². The fourth-order valence-electron chi connectivity index (χ4n) is 5.58. The number of aromatic nitrogens is 2. The van der Waals surface area contributed by atoms with E-state index in [1.165, 1.54) is 6.20 Å². The average Bonchev–Trinajstić information content (AvgIpc) is 3.78. The topological polar surface area (TPSA) is 113 Å². The molecule has 2 heterocycles. The van der Waals surface area contributed by atoms with Crippen molar-refractivity contribution in [1.82, 2.24) is 25.3 Å². The Bertz CT molecular complexity index is 1670. The van der Waals surface area contributed by atoms with Gasteiger partial charge in [-0.3, -0.25) is 14.8 Å². The van der Waals surface area contributed by atoms with E-state index in [9.17, 15) is 13.2 Å². The van der Waals surface area contributed by atoms with Crippen molar-refractivity contribution in [3.63, 3.8) is 0 Å². The number of sulfonamides is 1. The van der Waals surface area contributed by atoms with E-state index in [4.69, 9.17) is 4.98 Å². The van der Waals surface area contributed by atoms with Crippen LogP contribution >= 0.6 is 0 Å². The Hall–Kier alpha value is -3.66. The van der Waals surface area contributed by atoms with Crippen molar-refractivity contribution < 1.29 is 13.2 Å². The van der Waals surface area contributed by atoms with Crippen LogP contribution in [0, 0.1) is 5.92 Å². The lowest BCUT2D eigenvalue weighted by molar-refractivity contribution is 0.0935. The second-order valence-electron chi connectivity index (χ2n) is 11.5. The molecule has 8 nitrogen and oxygen atoms in total. The van der Waals surface area contributed by atoms with Crippen molar-refractivity contribution in [2.24, 2.45) is 5.92 Å². The molecular formula is C32H35N5O3S. The van der Waals surface area contributed by atoms with Gasteiger partial charge in [0.05, 0.1) is 16.5 Å². The van der Waals surface area contributed by atoms with Gasteiger partial charge in [-0.15, -0.1) is 0 Å². The number of carbonyl (C=O) groups is 1. The summed E-state index contributed by atoms with van der Waals surface area (Å²) >= 11 is 0. The van der Waals surface area contributed by atoms with Gasteiger partial charge in [0.2, 0.25) is 10.0 Å². The molecule has 2 aliphatic rings. The number of pyridine rings is 2. The molecule has 2 aromatic heterocycles. The molecule has 0 spiro atoms. The maximum atomic E-state index is 13.7. The predicted octanol–water partition coefficient (Wildman–Crippen LogP) is 5.15. The molecule has 41 heavy (non-hydrogen) atoms. The highest BCUT2D eigenvalue weighted by Gasteiger charge is 2.37. The quantitative estimate of drug-likeness (QED) is 0.244. The highest BCUT2D eigenvalue weighted by molar-refractivity contribution is 7.89. The van der Waals surface area contributed by atoms with Gasteiger partial charge < -0.3 is 10.6 Å². The largest absolute Gasteiger partial charge is 0.345 e. The molecule has 2 aromatic carbocycles. The number of fused-ring (bicyclic) bond motifs is 3. The van der Waals surface area contributed by atoms with Crippen LogP contribution in [0.4, 0.5) is 0 Å². The van der Waals surface area contributed by atoms with Crippen molar-refractivity contribution in [1.29, 1.82) is 0 Å². The van der Waals surface area contributed by atoms with Gasteiger partial charge in [0.15, 0.2) is 0 Å². The Balaban J connectivity index is 1.46. The lowest BCUT2D eigenvalue weighted by Gasteiger charge is -2.19. The summed E-state index contributed by atoms with van der Waals surface area (Å²) in [5, 5.41) is 8.33. The van der Waals surface area contributed by atoms with Gasteiger partial charge >= 0.3 is 0 Å². The zero-order chi connectivity index (χ0) is 28.6. The molecule has 2 aliphatic carbocycles. The van der Waals surface area contributed by atoms with E-state index in [1.807, 2.05) is 44.3 Å². The van der Waals surface area contributed by atoms with Gasteiger partial charge in [-0.1, -0.05) is 44.2 Å². The Kier molecular flexibility index (Phi) is 7.59. The monoisotopic (exact) mass is 569 g/mol. The van der Waals surface area contributed by atoms with Crippen LogP contribution in [0.15, 0.2) is 78.1 Å². The molecule has 0 aliphatic heterocycles. The summed E-state index contributed by atoms with van der Waals surface area (Å²) in [7, 11) is -3.82. The van der Waals surface area contributed by atoms with Gasteiger partial charge in [-0.2, -0.15) is 0 Å². The SMILES string of the molecule is CC(C)CNS(=O)(=O)c1cc2c(c3cnc(C4CC4)cc13)[C@H](NCc1ccccc1)C[C@H]2NC(=O)c1cccnc1. The lowest BCUT2D eigenvalue weighted by atomic mass is 9.98. The molecule has 0 radical (unpaired) electrons. The van der Waals surface area contributed by atoms with Crippen LogP contribution in [0.5, 0.6) is 0 Å². The Morgan fingerprint density at radius 1 is 1.00 bits per heavy atom. The second kappa shape index (κ2) is 11.3. The minimum atomic E-state index is -3.82. The van der Waals surface area contributed by atoms with Gasteiger partial charge in [0.25, 0.3) is 5.91 Å². The minimum absolute atomic E-state index is 0.110. The van der Waals surface area contributed by atoms with E-state index in [1.54, 1.807) is 24.4 Å². The molecule has 3 N–H and O–H groups in total. The lowest BCUT2D eigenvalue weighted by Crippen LogP contribution is -2.29. The first kappa shape index (κ1) is 27.5. The molecule has 1 amide bonds. The Morgan fingerprint density at radius 3 is 2.51 bits per heavy atom. The fourth-order valence-corrected chi connectivity index (χ4v) is 7.03. The third-order valence-corrected chi connectivity index (χ3v) is 9.33. The molecule has 9 heteroatoms. The number of amides is 1. The Labute approximate surface area is 241 Å². The smallest absolute Gasteiger partial charge is 0.253 e. The van der Waals surface area contributed by atoms with Crippen molar-refractivity contribution in [3.8, 4) is 0 Å². The third-order valence-electron chi connectivity index (χ3n) is 7.86. The average molecular weight is 570 g/mol. The van der Waals surface area contributed by atoms with Crippen LogP contribution in [-0.4, -0.2) is 30.8 Å². The fraction of sp³-hybridized carbons (Fsp3) is 0.344. The molecule has 4 aromatic rings. The molecule has 1 saturated carbocycles. The summed E-state index contributed by atoms with van der Waals surface area (Å²) < 4.78 is 30.3. The second-order valence-corrected chi connectivity index (χ2v) is 13.2. The minimum Gasteiger partial charge on any atom is -0.345 e. The van der Waals surface area contributed by atoms with Gasteiger partial charge in [0, 0.05) is 60.1 Å². The summed E-state index contributed by atoms with van der Waals surface area (Å²) in [6, 6.07) is 16.8. The normalized spacial score (nSPS) is 18.5. The molecule has 1 fully saturated rings. The number of hydrogen-bond acceptors (Lipinski definition) is 6. The first-order valence-electron chi connectivity index (χ1n) is 14.2. The summed E-state index contributed by atoms with van der Waals surface area (Å²) in [5.41, 5.74) is 4.33. The van der Waals surface area contributed by atoms with Crippen LogP contribution in [-0.2, 0) is 16.6 Å². The van der Waals surface area contributed by atoms with Crippen LogP contribution in [0.1, 0.15) is 83.9 Å². The van der Waals surface area contributed by atoms with E-state index < -0.39 is 16.1 Å². The molecule has 0 unspecified atom stereocenters. The van der Waals surface area contributed by atoms with E-state index in [0.29, 0.717) is 36.4 Å². The van der Waals surface area contributed by atoms with Gasteiger partial charge in [-0.05, 0) is 66.1 Å². The number of nitrogens with zero attached hydrogens (tertiary/aromatic N) is 2. The summed E-state index contributed by atoms with van der Waals surface area (Å²) in [6.45, 7) is 4.93. The van der Waals surface area contributed by atoms with Crippen molar-refractivity contribution >= 4 is 26.7 Å². The standard InChI is InChI=1S/C32H35N5O3S/c1-20(2)16-36-41(39,40)30-14-25-28(37-32(38)23-9-6-12-33-18-23)15-29(34-17-21-7-4-3-5-8-21)31(25)26-19-35-27(13-24(26)30)22-10-11-22/h3-9,12-14,18-20,22,28-29,34,36H,10-11,15-17H2,1-2H3,(H,37,38)/t28-,29-/m1/s1. The van der Waals surface area contributed by atoms with Crippen LogP contribution < -0.4 is 15.4 Å². The number of benzene rings is 2. The zero-order valence-corrected chi connectivity index (χ0v) is 24.1. The highest BCUT2D eigenvalue weighted by Crippen LogP contribution is 2.47. The number of rotatable bonds is 10.